The zero-order valence-corrected chi connectivity index (χ0v) is 28.2. The lowest BCUT2D eigenvalue weighted by atomic mass is 9.73. The molecule has 0 aliphatic heterocycles. The summed E-state index contributed by atoms with van der Waals surface area (Å²) in [4.78, 5) is 12.4. The van der Waals surface area contributed by atoms with Crippen LogP contribution in [0.1, 0.15) is 94.4 Å². The largest absolute Gasteiger partial charge is 0.466 e. The Balaban J connectivity index is 6.05. The van der Waals surface area contributed by atoms with Crippen LogP contribution in [0.3, 0.4) is 0 Å². The van der Waals surface area contributed by atoms with Crippen LogP contribution in [0.25, 0.3) is 0 Å². The van der Waals surface area contributed by atoms with Gasteiger partial charge in [-0.3, -0.25) is 4.79 Å². The third kappa shape index (κ3) is 11.5. The maximum atomic E-state index is 12.4. The van der Waals surface area contributed by atoms with Gasteiger partial charge in [-0.25, -0.2) is 0 Å². The summed E-state index contributed by atoms with van der Waals surface area (Å²) in [6, 6.07) is 0. The van der Waals surface area contributed by atoms with E-state index in [0.717, 1.165) is 18.4 Å². The molecular formula is C29H60O5Si2. The van der Waals surface area contributed by atoms with E-state index in [4.69, 9.17) is 13.6 Å². The molecule has 0 saturated carbocycles. The number of rotatable bonds is 16. The minimum Gasteiger partial charge on any atom is -0.466 e. The molecule has 0 saturated heterocycles. The monoisotopic (exact) mass is 544 g/mol. The lowest BCUT2D eigenvalue weighted by molar-refractivity contribution is -0.156. The smallest absolute Gasteiger partial charge is 0.311 e. The first-order valence-electron chi connectivity index (χ1n) is 14.1. The molecule has 1 N–H and O–H groups in total. The van der Waals surface area contributed by atoms with Gasteiger partial charge in [-0.2, -0.15) is 0 Å². The summed E-state index contributed by atoms with van der Waals surface area (Å²) in [5.41, 5.74) is 0.419. The quantitative estimate of drug-likeness (QED) is 0.0920. The van der Waals surface area contributed by atoms with Crippen molar-refractivity contribution in [3.8, 4) is 0 Å². The lowest BCUT2D eigenvalue weighted by Gasteiger charge is -2.43. The Bertz CT molecular complexity index is 689. The molecule has 0 aromatic carbocycles. The van der Waals surface area contributed by atoms with Gasteiger partial charge < -0.3 is 18.7 Å². The van der Waals surface area contributed by atoms with E-state index in [9.17, 15) is 9.90 Å². The molecular weight excluding hydrogens is 484 g/mol. The molecule has 0 fully saturated rings. The van der Waals surface area contributed by atoms with E-state index in [2.05, 4.69) is 73.4 Å². The fourth-order valence-corrected chi connectivity index (χ4v) is 6.85. The van der Waals surface area contributed by atoms with Crippen molar-refractivity contribution in [2.75, 3.05) is 6.61 Å². The average molecular weight is 545 g/mol. The third-order valence-electron chi connectivity index (χ3n) is 7.55. The van der Waals surface area contributed by atoms with Gasteiger partial charge in [0.15, 0.2) is 16.6 Å². The van der Waals surface area contributed by atoms with E-state index in [-0.39, 0.29) is 23.2 Å². The summed E-state index contributed by atoms with van der Waals surface area (Å²) in [5.74, 6) is -1.01. The zero-order valence-electron chi connectivity index (χ0n) is 26.2. The van der Waals surface area contributed by atoms with Crippen LogP contribution in [0.15, 0.2) is 11.6 Å². The molecule has 214 valence electrons. The van der Waals surface area contributed by atoms with Crippen LogP contribution >= 0.6 is 0 Å². The summed E-state index contributed by atoms with van der Waals surface area (Å²) >= 11 is 0. The van der Waals surface area contributed by atoms with Gasteiger partial charge in [0.2, 0.25) is 0 Å². The maximum absolute atomic E-state index is 12.4. The molecule has 0 aliphatic carbocycles. The van der Waals surface area contributed by atoms with Crippen molar-refractivity contribution in [2.24, 2.45) is 11.3 Å². The standard InChI is InChI=1S/C29H60O5Si2/c1-15-17-18-19-24(33-36(13,14)28(5,6)7)21-20-22(3)26(34-35(10,11)12)29(8,9)25(30)23(4)27(31)32-16-2/h20,23-26,30H,15-19,21H2,1-14H3/b22-20+/t23-,24+,25-,26+/m0/s1. The van der Waals surface area contributed by atoms with E-state index in [1.54, 1.807) is 13.8 Å². The van der Waals surface area contributed by atoms with Crippen LogP contribution in [0, 0.1) is 11.3 Å². The molecule has 0 aromatic rings. The van der Waals surface area contributed by atoms with Gasteiger partial charge in [0.1, 0.15) is 0 Å². The number of aliphatic hydroxyl groups excluding tert-OH is 1. The number of carbonyl (C=O) groups is 1. The number of esters is 1. The molecule has 0 heterocycles. The zero-order chi connectivity index (χ0) is 28.5. The predicted octanol–water partition coefficient (Wildman–Crippen LogP) is 8.10. The van der Waals surface area contributed by atoms with Gasteiger partial charge in [0, 0.05) is 11.5 Å². The number of hydrogen-bond donors (Lipinski definition) is 1. The summed E-state index contributed by atoms with van der Waals surface area (Å²) in [7, 11) is -3.85. The molecule has 0 amide bonds. The molecule has 0 rings (SSSR count). The molecule has 0 spiro atoms. The Hall–Kier alpha value is -0.476. The molecule has 0 aliphatic rings. The first-order valence-corrected chi connectivity index (χ1v) is 20.4. The second kappa shape index (κ2) is 14.6. The minimum atomic E-state index is -1.95. The molecule has 0 aromatic heterocycles. The number of hydrogen-bond acceptors (Lipinski definition) is 5. The van der Waals surface area contributed by atoms with Crippen molar-refractivity contribution >= 4 is 22.6 Å². The number of ether oxygens (including phenoxy) is 1. The molecule has 5 nitrogen and oxygen atoms in total. The molecule has 0 unspecified atom stereocenters. The molecule has 0 radical (unpaired) electrons. The van der Waals surface area contributed by atoms with E-state index in [1.807, 2.05) is 13.8 Å². The van der Waals surface area contributed by atoms with Crippen LogP contribution < -0.4 is 0 Å². The lowest BCUT2D eigenvalue weighted by Crippen LogP contribution is -2.50. The highest BCUT2D eigenvalue weighted by atomic mass is 28.4. The van der Waals surface area contributed by atoms with Crippen LogP contribution in [0.4, 0.5) is 0 Å². The highest BCUT2D eigenvalue weighted by molar-refractivity contribution is 6.74. The van der Waals surface area contributed by atoms with Gasteiger partial charge in [0.25, 0.3) is 0 Å². The van der Waals surface area contributed by atoms with Crippen LogP contribution in [-0.2, 0) is 18.4 Å². The summed E-state index contributed by atoms with van der Waals surface area (Å²) in [6.45, 7) is 30.2. The Morgan fingerprint density at radius 3 is 1.97 bits per heavy atom. The second-order valence-corrected chi connectivity index (χ2v) is 22.8. The van der Waals surface area contributed by atoms with Crippen molar-refractivity contribution in [3.63, 3.8) is 0 Å². The van der Waals surface area contributed by atoms with Crippen molar-refractivity contribution in [1.82, 2.24) is 0 Å². The molecule has 4 atom stereocenters. The molecule has 7 heteroatoms. The Labute approximate surface area is 226 Å². The van der Waals surface area contributed by atoms with Crippen molar-refractivity contribution in [3.05, 3.63) is 11.6 Å². The van der Waals surface area contributed by atoms with E-state index < -0.39 is 34.1 Å². The first-order chi connectivity index (χ1) is 16.2. The highest BCUT2D eigenvalue weighted by Gasteiger charge is 2.45. The van der Waals surface area contributed by atoms with Gasteiger partial charge >= 0.3 is 5.97 Å². The summed E-state index contributed by atoms with van der Waals surface area (Å²) < 4.78 is 18.8. The fourth-order valence-electron chi connectivity index (χ4n) is 4.25. The van der Waals surface area contributed by atoms with E-state index in [0.29, 0.717) is 6.61 Å². The Morgan fingerprint density at radius 1 is 0.972 bits per heavy atom. The maximum Gasteiger partial charge on any atom is 0.311 e. The highest BCUT2D eigenvalue weighted by Crippen LogP contribution is 2.40. The van der Waals surface area contributed by atoms with Gasteiger partial charge in [-0.1, -0.05) is 66.9 Å². The minimum absolute atomic E-state index is 0.160. The van der Waals surface area contributed by atoms with Crippen molar-refractivity contribution < 1.29 is 23.5 Å². The SMILES string of the molecule is CCCCC[C@H](C/C=C(\C)[C@@H](O[Si](C)(C)C)C(C)(C)[C@@H](O)[C@H](C)C(=O)OCC)O[Si](C)(C)C(C)(C)C. The van der Waals surface area contributed by atoms with Gasteiger partial charge in [-0.15, -0.1) is 0 Å². The number of carbonyl (C=O) groups excluding carboxylic acids is 1. The van der Waals surface area contributed by atoms with E-state index in [1.165, 1.54) is 19.3 Å². The van der Waals surface area contributed by atoms with E-state index >= 15 is 0 Å². The average Bonchev–Trinajstić information content (AvgIpc) is 2.73. The Morgan fingerprint density at radius 2 is 1.53 bits per heavy atom. The van der Waals surface area contributed by atoms with Crippen LogP contribution in [0.5, 0.6) is 0 Å². The number of aliphatic hydroxyl groups is 1. The van der Waals surface area contributed by atoms with Gasteiger partial charge in [0.05, 0.1) is 24.7 Å². The normalized spacial score (nSPS) is 17.5. The summed E-state index contributed by atoms with van der Waals surface area (Å²) in [6.07, 6.45) is 6.68. The topological polar surface area (TPSA) is 65.0 Å². The molecule has 0 bridgehead atoms. The van der Waals surface area contributed by atoms with Crippen LogP contribution in [0.2, 0.25) is 37.8 Å². The second-order valence-electron chi connectivity index (χ2n) is 13.6. The predicted molar refractivity (Wildman–Crippen MR) is 158 cm³/mol. The Kier molecular flexibility index (Phi) is 14.4. The van der Waals surface area contributed by atoms with Gasteiger partial charge in [-0.05, 0) is 77.0 Å². The van der Waals surface area contributed by atoms with Crippen molar-refractivity contribution in [1.29, 1.82) is 0 Å². The number of unbranched alkanes of at least 4 members (excludes halogenated alkanes) is 2. The molecule has 36 heavy (non-hydrogen) atoms. The van der Waals surface area contributed by atoms with Crippen molar-refractivity contribution in [2.45, 2.75) is 151 Å². The fraction of sp³-hybridized carbons (Fsp3) is 0.897. The summed E-state index contributed by atoms with van der Waals surface area (Å²) in [5, 5.41) is 11.5. The van der Waals surface area contributed by atoms with Crippen LogP contribution in [-0.4, -0.2) is 52.6 Å². The first kappa shape index (κ1) is 35.5. The third-order valence-corrected chi connectivity index (χ3v) is 13.0.